The molecule has 1 amide bonds. The van der Waals surface area contributed by atoms with Gasteiger partial charge in [-0.2, -0.15) is 28.1 Å². The maximum absolute atomic E-state index is 13.1. The first kappa shape index (κ1) is 24.7. The summed E-state index contributed by atoms with van der Waals surface area (Å²) in [5.41, 5.74) is -0.657. The number of amides is 1. The Morgan fingerprint density at radius 2 is 1.79 bits per heavy atom. The molecule has 0 spiro atoms. The highest BCUT2D eigenvalue weighted by atomic mass is 19.4. The minimum atomic E-state index is -4.45. The van der Waals surface area contributed by atoms with E-state index in [1.165, 1.54) is 18.2 Å². The Kier molecular flexibility index (Phi) is 8.43. The van der Waals surface area contributed by atoms with E-state index in [9.17, 15) is 18.0 Å². The number of halogens is 3. The molecule has 1 aliphatic carbocycles. The van der Waals surface area contributed by atoms with Crippen LogP contribution in [0.5, 0.6) is 0 Å². The largest absolute Gasteiger partial charge is 0.416 e. The summed E-state index contributed by atoms with van der Waals surface area (Å²) in [6, 6.07) is 5.40. The van der Waals surface area contributed by atoms with E-state index in [0.29, 0.717) is 43.7 Å². The van der Waals surface area contributed by atoms with Crippen LogP contribution in [0.3, 0.4) is 0 Å². The summed E-state index contributed by atoms with van der Waals surface area (Å²) in [5, 5.41) is 9.05. The molecule has 1 aromatic carbocycles. The predicted molar refractivity (Wildman–Crippen MR) is 118 cm³/mol. The van der Waals surface area contributed by atoms with E-state index in [0.717, 1.165) is 18.9 Å². The van der Waals surface area contributed by atoms with Crippen molar-refractivity contribution in [1.82, 2.24) is 20.3 Å². The van der Waals surface area contributed by atoms with Crippen LogP contribution in [-0.4, -0.2) is 47.2 Å². The first-order valence-corrected chi connectivity index (χ1v) is 10.9. The highest BCUT2D eigenvalue weighted by molar-refractivity contribution is 5.78. The third-order valence-corrected chi connectivity index (χ3v) is 5.54. The van der Waals surface area contributed by atoms with Crippen molar-refractivity contribution in [2.75, 3.05) is 30.9 Å². The van der Waals surface area contributed by atoms with Crippen LogP contribution in [0.2, 0.25) is 0 Å². The zero-order valence-corrected chi connectivity index (χ0v) is 18.7. The average molecular weight is 467 g/mol. The van der Waals surface area contributed by atoms with Gasteiger partial charge in [0, 0.05) is 32.2 Å². The van der Waals surface area contributed by atoms with Gasteiger partial charge in [-0.15, -0.1) is 0 Å². The van der Waals surface area contributed by atoms with Crippen LogP contribution < -0.4 is 16.0 Å². The predicted octanol–water partition coefficient (Wildman–Crippen LogP) is 3.54. The molecule has 0 bridgehead atoms. The molecule has 180 valence electrons. The SMILES string of the molecule is COCCNc1nc(C)nc(N[C@H]2CC[C@@H](C(=O)NCc3ccccc3C(F)(F)F)CC2)n1. The van der Waals surface area contributed by atoms with Crippen LogP contribution >= 0.6 is 0 Å². The number of benzene rings is 1. The normalized spacial score (nSPS) is 18.6. The van der Waals surface area contributed by atoms with Gasteiger partial charge in [-0.25, -0.2) is 0 Å². The minimum Gasteiger partial charge on any atom is -0.383 e. The summed E-state index contributed by atoms with van der Waals surface area (Å²) in [4.78, 5) is 25.5. The highest BCUT2D eigenvalue weighted by Crippen LogP contribution is 2.32. The summed E-state index contributed by atoms with van der Waals surface area (Å²) < 4.78 is 44.4. The van der Waals surface area contributed by atoms with Gasteiger partial charge < -0.3 is 20.7 Å². The van der Waals surface area contributed by atoms with E-state index < -0.39 is 11.7 Å². The summed E-state index contributed by atoms with van der Waals surface area (Å²) in [6.45, 7) is 2.75. The maximum Gasteiger partial charge on any atom is 0.416 e. The minimum absolute atomic E-state index is 0.0637. The molecular formula is C22H29F3N6O2. The molecule has 3 N–H and O–H groups in total. The zero-order valence-electron chi connectivity index (χ0n) is 18.7. The van der Waals surface area contributed by atoms with Crippen molar-refractivity contribution in [3.63, 3.8) is 0 Å². The van der Waals surface area contributed by atoms with E-state index >= 15 is 0 Å². The Morgan fingerprint density at radius 3 is 2.48 bits per heavy atom. The Morgan fingerprint density at radius 1 is 1.09 bits per heavy atom. The molecule has 11 heteroatoms. The van der Waals surface area contributed by atoms with Gasteiger partial charge in [0.1, 0.15) is 5.82 Å². The fourth-order valence-corrected chi connectivity index (χ4v) is 3.85. The van der Waals surface area contributed by atoms with Gasteiger partial charge in [-0.1, -0.05) is 18.2 Å². The molecule has 1 saturated carbocycles. The second kappa shape index (κ2) is 11.3. The van der Waals surface area contributed by atoms with Crippen LogP contribution in [0, 0.1) is 12.8 Å². The van der Waals surface area contributed by atoms with Gasteiger partial charge in [0.15, 0.2) is 0 Å². The maximum atomic E-state index is 13.1. The molecular weight excluding hydrogens is 437 g/mol. The number of nitrogens with zero attached hydrogens (tertiary/aromatic N) is 3. The number of ether oxygens (including phenoxy) is 1. The number of aryl methyl sites for hydroxylation is 1. The van der Waals surface area contributed by atoms with E-state index in [2.05, 4.69) is 30.9 Å². The van der Waals surface area contributed by atoms with Crippen molar-refractivity contribution >= 4 is 17.8 Å². The third kappa shape index (κ3) is 7.28. The molecule has 1 heterocycles. The van der Waals surface area contributed by atoms with Crippen LogP contribution in [0.1, 0.15) is 42.6 Å². The van der Waals surface area contributed by atoms with Crippen molar-refractivity contribution in [1.29, 1.82) is 0 Å². The van der Waals surface area contributed by atoms with Crippen molar-refractivity contribution in [3.05, 3.63) is 41.2 Å². The number of anilines is 2. The molecule has 33 heavy (non-hydrogen) atoms. The van der Waals surface area contributed by atoms with E-state index in [1.807, 2.05) is 0 Å². The summed E-state index contributed by atoms with van der Waals surface area (Å²) in [7, 11) is 1.62. The molecule has 0 atom stereocenters. The average Bonchev–Trinajstić information content (AvgIpc) is 2.77. The van der Waals surface area contributed by atoms with E-state index in [4.69, 9.17) is 4.74 Å². The number of alkyl halides is 3. The lowest BCUT2D eigenvalue weighted by atomic mass is 9.85. The lowest BCUT2D eigenvalue weighted by Crippen LogP contribution is -2.36. The summed E-state index contributed by atoms with van der Waals surface area (Å²) >= 11 is 0. The molecule has 8 nitrogen and oxygen atoms in total. The monoisotopic (exact) mass is 466 g/mol. The Labute approximate surface area is 190 Å². The molecule has 1 aromatic heterocycles. The standard InChI is InChI=1S/C22H29F3N6O2/c1-14-28-20(26-11-12-33-2)31-21(29-14)30-17-9-7-15(8-10-17)19(32)27-13-16-5-3-4-6-18(16)22(23,24)25/h3-6,15,17H,7-13H2,1-2H3,(H,27,32)(H2,26,28,29,30,31)/t15-,17+. The van der Waals surface area contributed by atoms with Gasteiger partial charge >= 0.3 is 6.18 Å². The molecule has 0 saturated heterocycles. The molecule has 0 unspecified atom stereocenters. The van der Waals surface area contributed by atoms with Gasteiger partial charge in [0.25, 0.3) is 0 Å². The number of hydrogen-bond acceptors (Lipinski definition) is 7. The third-order valence-electron chi connectivity index (χ3n) is 5.54. The fraction of sp³-hybridized carbons (Fsp3) is 0.545. The number of carbonyl (C=O) groups is 1. The number of carbonyl (C=O) groups excluding carboxylic acids is 1. The van der Waals surface area contributed by atoms with Gasteiger partial charge in [0.05, 0.1) is 12.2 Å². The number of rotatable bonds is 9. The van der Waals surface area contributed by atoms with E-state index in [1.54, 1.807) is 14.0 Å². The quantitative estimate of drug-likeness (QED) is 0.486. The molecule has 2 aromatic rings. The van der Waals surface area contributed by atoms with Crippen LogP contribution in [-0.2, 0) is 22.3 Å². The van der Waals surface area contributed by atoms with Gasteiger partial charge in [-0.05, 0) is 44.2 Å². The molecule has 0 aliphatic heterocycles. The molecule has 3 rings (SSSR count). The Balaban J connectivity index is 1.49. The van der Waals surface area contributed by atoms with Crippen molar-refractivity contribution in [2.24, 2.45) is 5.92 Å². The van der Waals surface area contributed by atoms with Crippen molar-refractivity contribution < 1.29 is 22.7 Å². The Hall–Kier alpha value is -2.95. The number of nitrogens with one attached hydrogen (secondary N) is 3. The summed E-state index contributed by atoms with van der Waals surface area (Å²) in [5.74, 6) is 1.08. The van der Waals surface area contributed by atoms with Crippen LogP contribution in [0.15, 0.2) is 24.3 Å². The van der Waals surface area contributed by atoms with Crippen LogP contribution in [0.25, 0.3) is 0 Å². The lowest BCUT2D eigenvalue weighted by molar-refractivity contribution is -0.138. The Bertz CT molecular complexity index is 933. The smallest absolute Gasteiger partial charge is 0.383 e. The van der Waals surface area contributed by atoms with Gasteiger partial charge in [-0.3, -0.25) is 4.79 Å². The van der Waals surface area contributed by atoms with Crippen molar-refractivity contribution in [2.45, 2.75) is 51.4 Å². The first-order chi connectivity index (χ1) is 15.8. The van der Waals surface area contributed by atoms with Crippen LogP contribution in [0.4, 0.5) is 25.1 Å². The number of aromatic nitrogens is 3. The number of hydrogen-bond donors (Lipinski definition) is 3. The second-order valence-electron chi connectivity index (χ2n) is 8.02. The topological polar surface area (TPSA) is 101 Å². The first-order valence-electron chi connectivity index (χ1n) is 10.9. The van der Waals surface area contributed by atoms with Crippen molar-refractivity contribution in [3.8, 4) is 0 Å². The summed E-state index contributed by atoms with van der Waals surface area (Å²) in [6.07, 6.45) is -1.72. The number of methoxy groups -OCH3 is 1. The molecule has 0 radical (unpaired) electrons. The van der Waals surface area contributed by atoms with E-state index in [-0.39, 0.29) is 30.0 Å². The van der Waals surface area contributed by atoms with Gasteiger partial charge in [0.2, 0.25) is 17.8 Å². The fourth-order valence-electron chi connectivity index (χ4n) is 3.85. The second-order valence-corrected chi connectivity index (χ2v) is 8.02. The highest BCUT2D eigenvalue weighted by Gasteiger charge is 2.33. The molecule has 1 fully saturated rings. The lowest BCUT2D eigenvalue weighted by Gasteiger charge is -2.28. The molecule has 1 aliphatic rings. The zero-order chi connectivity index (χ0) is 23.8.